The number of carbonyl (C=O) groups is 1. The van der Waals surface area contributed by atoms with E-state index in [4.69, 9.17) is 14.5 Å². The summed E-state index contributed by atoms with van der Waals surface area (Å²) in [5.41, 5.74) is -0.365. The summed E-state index contributed by atoms with van der Waals surface area (Å²) in [5, 5.41) is 48.8. The standard InChI is InChI=1S/C32H55N5O13S/c1-20(19-51-50-49-45)18-37(4,5)14-6-13-33-29(38)10-7-21(2)24-8-9-25-30(24)28(48-36(43)44)17-26-31(25)27(47-35(41)42)16-22-15-23(46-34(39)40)11-12-32(22,26)3/h20-28,30-31H,6-19H2,1-5H3,(H-,33,38,45)/t20?,21-,22+,23-,24-,25-,26+,27-,28+,30?,31+,32+/m1/s1. The number of amides is 1. The normalized spacial score (nSPS) is 34.2. The maximum Gasteiger partial charge on any atom is 0.294 e. The van der Waals surface area contributed by atoms with E-state index in [9.17, 15) is 40.4 Å². The van der Waals surface area contributed by atoms with Crippen LogP contribution >= 0.6 is 12.0 Å². The van der Waals surface area contributed by atoms with E-state index in [1.54, 1.807) is 0 Å². The number of nitrogens with zero attached hydrogens (tertiary/aromatic N) is 4. The maximum absolute atomic E-state index is 12.9. The van der Waals surface area contributed by atoms with Crippen molar-refractivity contribution in [1.29, 1.82) is 0 Å². The highest BCUT2D eigenvalue weighted by Gasteiger charge is 2.63. The fourth-order valence-corrected chi connectivity index (χ4v) is 11.2. The van der Waals surface area contributed by atoms with E-state index in [1.807, 2.05) is 0 Å². The smallest absolute Gasteiger partial charge is 0.294 e. The number of quaternary nitrogens is 1. The number of rotatable bonds is 20. The number of hydrogen-bond acceptors (Lipinski definition) is 14. The molecule has 0 aromatic heterocycles. The van der Waals surface area contributed by atoms with Gasteiger partial charge in [-0.3, -0.25) is 9.83 Å². The van der Waals surface area contributed by atoms with Crippen molar-refractivity contribution < 1.29 is 53.7 Å². The number of carbonyl (C=O) groups excluding carboxylic acids is 1. The number of fused-ring (bicyclic) bond motifs is 5. The Hall–Kier alpha value is -2.74. The zero-order valence-electron chi connectivity index (χ0n) is 30.3. The highest BCUT2D eigenvalue weighted by Crippen LogP contribution is 2.65. The van der Waals surface area contributed by atoms with Crippen molar-refractivity contribution in [3.05, 3.63) is 30.3 Å². The van der Waals surface area contributed by atoms with Crippen LogP contribution in [-0.4, -0.2) is 83.4 Å². The first kappa shape index (κ1) is 41.0. The summed E-state index contributed by atoms with van der Waals surface area (Å²) in [4.78, 5) is 63.3. The molecule has 4 aliphatic rings. The summed E-state index contributed by atoms with van der Waals surface area (Å²) >= 11 is 0.982. The van der Waals surface area contributed by atoms with Gasteiger partial charge in [0.05, 0.1) is 27.2 Å². The van der Waals surface area contributed by atoms with Crippen LogP contribution in [0.5, 0.6) is 0 Å². The number of nitrogens with one attached hydrogen (secondary N) is 1. The van der Waals surface area contributed by atoms with Gasteiger partial charge >= 0.3 is 0 Å². The van der Waals surface area contributed by atoms with Crippen LogP contribution in [0.4, 0.5) is 0 Å². The average Bonchev–Trinajstić information content (AvgIpc) is 3.48. The minimum Gasteiger partial charge on any atom is -0.691 e. The summed E-state index contributed by atoms with van der Waals surface area (Å²) in [6.45, 7) is 8.51. The summed E-state index contributed by atoms with van der Waals surface area (Å²) in [7, 11) is 4.23. The van der Waals surface area contributed by atoms with Crippen LogP contribution in [0.25, 0.3) is 0 Å². The maximum atomic E-state index is 12.9. The Morgan fingerprint density at radius 1 is 0.961 bits per heavy atom. The van der Waals surface area contributed by atoms with Crippen LogP contribution in [0, 0.1) is 83.1 Å². The molecule has 12 atom stereocenters. The molecule has 51 heavy (non-hydrogen) atoms. The lowest BCUT2D eigenvalue weighted by Gasteiger charge is -2.61. The predicted octanol–water partition coefficient (Wildman–Crippen LogP) is 3.71. The minimum absolute atomic E-state index is 0.0311. The monoisotopic (exact) mass is 749 g/mol. The first-order chi connectivity index (χ1) is 24.0. The molecule has 4 fully saturated rings. The molecule has 292 valence electrons. The first-order valence-corrected chi connectivity index (χ1v) is 19.1. The van der Waals surface area contributed by atoms with E-state index < -0.39 is 33.6 Å². The molecule has 4 rings (SSSR count). The summed E-state index contributed by atoms with van der Waals surface area (Å²) in [5.74, 6) is 0.106. The first-order valence-electron chi connectivity index (χ1n) is 18.1. The van der Waals surface area contributed by atoms with E-state index in [2.05, 4.69) is 49.6 Å². The molecule has 4 aliphatic carbocycles. The molecule has 0 aliphatic heterocycles. The quantitative estimate of drug-likeness (QED) is 0.0468. The van der Waals surface area contributed by atoms with Crippen LogP contribution < -0.4 is 10.6 Å². The van der Waals surface area contributed by atoms with E-state index in [0.717, 1.165) is 48.9 Å². The Morgan fingerprint density at radius 3 is 2.27 bits per heavy atom. The molecule has 2 unspecified atom stereocenters. The van der Waals surface area contributed by atoms with Gasteiger partial charge in [0.25, 0.3) is 15.3 Å². The summed E-state index contributed by atoms with van der Waals surface area (Å²) < 4.78 is 5.11. The van der Waals surface area contributed by atoms with E-state index in [1.165, 1.54) is 0 Å². The molecule has 1 amide bonds. The van der Waals surface area contributed by atoms with Crippen LogP contribution in [0.15, 0.2) is 0 Å². The summed E-state index contributed by atoms with van der Waals surface area (Å²) in [6.07, 6.45) is 3.27. The van der Waals surface area contributed by atoms with Crippen LogP contribution in [0.2, 0.25) is 0 Å². The lowest BCUT2D eigenvalue weighted by atomic mass is 9.45. The van der Waals surface area contributed by atoms with E-state index in [-0.39, 0.29) is 52.7 Å². The van der Waals surface area contributed by atoms with Crippen LogP contribution in [-0.2, 0) is 28.7 Å². The summed E-state index contributed by atoms with van der Waals surface area (Å²) in [6, 6.07) is 0. The van der Waals surface area contributed by atoms with Crippen molar-refractivity contribution in [2.45, 2.75) is 103 Å². The Labute approximate surface area is 302 Å². The SMILES string of the molecule is CC(CSOO[O-])C[N+](C)(C)CCCNC(=O)CC[C@@H](C)[C@H]1CC[C@@H]2C1[C@@H](O[N+](=O)[O-])C[C@H]1[C@H]2[C@H](O[N+](=O)[O-])C[C@@H]2C[C@H](O[N+](=O)[O-])CC[C@@]21C. The fraction of sp³-hybridized carbons (Fsp3) is 0.969. The Morgan fingerprint density at radius 2 is 1.63 bits per heavy atom. The second kappa shape index (κ2) is 17.9. The highest BCUT2D eigenvalue weighted by atomic mass is 32.2. The molecule has 0 radical (unpaired) electrons. The second-order valence-corrected chi connectivity index (χ2v) is 17.1. The Kier molecular flexibility index (Phi) is 14.4. The molecule has 0 saturated heterocycles. The van der Waals surface area contributed by atoms with Gasteiger partial charge in [0.15, 0.2) is 0 Å². The molecule has 1 N–H and O–H groups in total. The van der Waals surface area contributed by atoms with Gasteiger partial charge < -0.3 is 29.6 Å². The van der Waals surface area contributed by atoms with Crippen molar-refractivity contribution in [1.82, 2.24) is 5.32 Å². The fourth-order valence-electron chi connectivity index (χ4n) is 10.7. The zero-order chi connectivity index (χ0) is 37.5. The molecule has 0 heterocycles. The second-order valence-electron chi connectivity index (χ2n) is 16.4. The zero-order valence-corrected chi connectivity index (χ0v) is 31.1. The van der Waals surface area contributed by atoms with Gasteiger partial charge in [0, 0.05) is 43.1 Å². The van der Waals surface area contributed by atoms with Gasteiger partial charge in [-0.2, -0.15) is 4.33 Å². The minimum atomic E-state index is -0.793. The lowest BCUT2D eigenvalue weighted by molar-refractivity contribution is -0.893. The molecule has 0 aromatic carbocycles. The topological polar surface area (TPSA) is 228 Å². The molecule has 0 bridgehead atoms. The lowest BCUT2D eigenvalue weighted by Crippen LogP contribution is -2.60. The van der Waals surface area contributed by atoms with Crippen molar-refractivity contribution in [2.24, 2.45) is 52.8 Å². The Bertz CT molecular complexity index is 1220. The molecule has 18 nitrogen and oxygen atoms in total. The van der Waals surface area contributed by atoms with Gasteiger partial charge in [-0.05, 0) is 98.2 Å². The third kappa shape index (κ3) is 10.7. The number of hydrogen-bond donors (Lipinski definition) is 1. The van der Waals surface area contributed by atoms with Gasteiger partial charge in [-0.15, -0.1) is 30.3 Å². The van der Waals surface area contributed by atoms with Crippen LogP contribution in [0.3, 0.4) is 0 Å². The molecule has 0 spiro atoms. The van der Waals surface area contributed by atoms with Gasteiger partial charge in [0.1, 0.15) is 18.3 Å². The average molecular weight is 750 g/mol. The van der Waals surface area contributed by atoms with Crippen molar-refractivity contribution in [3.8, 4) is 0 Å². The van der Waals surface area contributed by atoms with Gasteiger partial charge in [-0.1, -0.05) is 20.8 Å². The van der Waals surface area contributed by atoms with E-state index in [0.29, 0.717) is 63.2 Å². The molecule has 0 aromatic rings. The van der Waals surface area contributed by atoms with E-state index >= 15 is 0 Å². The van der Waals surface area contributed by atoms with Crippen molar-refractivity contribution in [3.63, 3.8) is 0 Å². The van der Waals surface area contributed by atoms with Gasteiger partial charge in [0.2, 0.25) is 5.91 Å². The predicted molar refractivity (Wildman–Crippen MR) is 179 cm³/mol. The molecule has 4 saturated carbocycles. The molecular weight excluding hydrogens is 694 g/mol. The largest absolute Gasteiger partial charge is 0.691 e. The Balaban J connectivity index is 1.37. The molecular formula is C32H55N5O13S. The van der Waals surface area contributed by atoms with Crippen LogP contribution in [0.1, 0.15) is 85.0 Å². The highest BCUT2D eigenvalue weighted by molar-refractivity contribution is 7.94. The third-order valence-electron chi connectivity index (χ3n) is 12.7. The van der Waals surface area contributed by atoms with Crippen molar-refractivity contribution >= 4 is 17.9 Å². The molecule has 19 heteroatoms. The van der Waals surface area contributed by atoms with Crippen molar-refractivity contribution in [2.75, 3.05) is 39.5 Å². The van der Waals surface area contributed by atoms with Gasteiger partial charge in [-0.25, -0.2) is 0 Å². The third-order valence-corrected chi connectivity index (χ3v) is 13.6.